The van der Waals surface area contributed by atoms with Crippen LogP contribution in [0, 0.1) is 0 Å². The average Bonchev–Trinajstić information content (AvgIpc) is 2.47. The van der Waals surface area contributed by atoms with Crippen LogP contribution in [0.15, 0.2) is 24.8 Å². The predicted octanol–water partition coefficient (Wildman–Crippen LogP) is 0.883. The summed E-state index contributed by atoms with van der Waals surface area (Å²) in [6.45, 7) is 3.27. The molecule has 1 aliphatic rings. The molecule has 0 bridgehead atoms. The highest BCUT2D eigenvalue weighted by molar-refractivity contribution is 5.41. The van der Waals surface area contributed by atoms with Crippen LogP contribution in [0.3, 0.4) is 0 Å². The third-order valence-electron chi connectivity index (χ3n) is 3.22. The number of anilines is 1. The molecule has 2 aromatic heterocycles. The van der Waals surface area contributed by atoms with Gasteiger partial charge in [-0.25, -0.2) is 19.9 Å². The molecule has 1 aliphatic heterocycles. The molecule has 0 radical (unpaired) electrons. The van der Waals surface area contributed by atoms with E-state index in [-0.39, 0.29) is 0 Å². The van der Waals surface area contributed by atoms with Crippen LogP contribution in [0.2, 0.25) is 0 Å². The zero-order valence-corrected chi connectivity index (χ0v) is 10.7. The van der Waals surface area contributed by atoms with Crippen LogP contribution < -0.4 is 4.90 Å². The maximum Gasteiger partial charge on any atom is 0.158 e. The molecular weight excluding hydrogens is 242 g/mol. The summed E-state index contributed by atoms with van der Waals surface area (Å²) in [6.07, 6.45) is 5.35. The minimum Gasteiger partial charge on any atom is -0.385 e. The van der Waals surface area contributed by atoms with Gasteiger partial charge >= 0.3 is 0 Å². The van der Waals surface area contributed by atoms with E-state index in [0.717, 1.165) is 36.6 Å². The SMILES string of the molecule is C[C@@H](O)c1nccc(N2CCc3ncncc3C2)n1. The van der Waals surface area contributed by atoms with E-state index in [1.54, 1.807) is 19.4 Å². The lowest BCUT2D eigenvalue weighted by molar-refractivity contribution is 0.189. The van der Waals surface area contributed by atoms with Gasteiger partial charge in [-0.1, -0.05) is 0 Å². The zero-order chi connectivity index (χ0) is 13.2. The number of rotatable bonds is 2. The fraction of sp³-hybridized carbons (Fsp3) is 0.385. The van der Waals surface area contributed by atoms with Crippen molar-refractivity contribution in [3.8, 4) is 0 Å². The number of aliphatic hydroxyl groups is 1. The van der Waals surface area contributed by atoms with E-state index < -0.39 is 6.10 Å². The van der Waals surface area contributed by atoms with Crippen LogP contribution in [0.25, 0.3) is 0 Å². The Kier molecular flexibility index (Phi) is 3.08. The maximum absolute atomic E-state index is 9.54. The number of hydrogen-bond acceptors (Lipinski definition) is 6. The lowest BCUT2D eigenvalue weighted by Crippen LogP contribution is -2.32. The van der Waals surface area contributed by atoms with Crippen molar-refractivity contribution in [1.29, 1.82) is 0 Å². The molecule has 0 aliphatic carbocycles. The van der Waals surface area contributed by atoms with Crippen molar-refractivity contribution in [3.63, 3.8) is 0 Å². The summed E-state index contributed by atoms with van der Waals surface area (Å²) in [5.74, 6) is 1.29. The second-order valence-corrected chi connectivity index (χ2v) is 4.62. The molecule has 6 heteroatoms. The molecule has 3 rings (SSSR count). The first-order chi connectivity index (χ1) is 9.24. The normalized spacial score (nSPS) is 16.0. The number of nitrogens with zero attached hydrogens (tertiary/aromatic N) is 5. The number of aromatic nitrogens is 4. The van der Waals surface area contributed by atoms with Crippen molar-refractivity contribution in [2.24, 2.45) is 0 Å². The summed E-state index contributed by atoms with van der Waals surface area (Å²) in [7, 11) is 0. The summed E-state index contributed by atoms with van der Waals surface area (Å²) < 4.78 is 0. The number of hydrogen-bond donors (Lipinski definition) is 1. The third kappa shape index (κ3) is 2.39. The van der Waals surface area contributed by atoms with Gasteiger partial charge in [-0.2, -0.15) is 0 Å². The summed E-state index contributed by atoms with van der Waals surface area (Å²) in [6, 6.07) is 1.86. The van der Waals surface area contributed by atoms with Crippen LogP contribution >= 0.6 is 0 Å². The lowest BCUT2D eigenvalue weighted by atomic mass is 10.1. The fourth-order valence-corrected chi connectivity index (χ4v) is 2.20. The zero-order valence-electron chi connectivity index (χ0n) is 10.7. The molecule has 0 fully saturated rings. The van der Waals surface area contributed by atoms with E-state index in [2.05, 4.69) is 24.8 Å². The van der Waals surface area contributed by atoms with Crippen molar-refractivity contribution in [1.82, 2.24) is 19.9 Å². The van der Waals surface area contributed by atoms with Crippen LogP contribution in [0.5, 0.6) is 0 Å². The van der Waals surface area contributed by atoms with Gasteiger partial charge in [0.15, 0.2) is 5.82 Å². The maximum atomic E-state index is 9.54. The first-order valence-corrected chi connectivity index (χ1v) is 6.28. The van der Waals surface area contributed by atoms with E-state index in [4.69, 9.17) is 0 Å². The van der Waals surface area contributed by atoms with Crippen LogP contribution in [0.4, 0.5) is 5.82 Å². The molecular formula is C13H15N5O. The van der Waals surface area contributed by atoms with E-state index in [1.165, 1.54) is 0 Å². The highest BCUT2D eigenvalue weighted by Crippen LogP contribution is 2.21. The smallest absolute Gasteiger partial charge is 0.158 e. The molecule has 1 atom stereocenters. The second kappa shape index (κ2) is 4.89. The first-order valence-electron chi connectivity index (χ1n) is 6.28. The van der Waals surface area contributed by atoms with Crippen LogP contribution in [-0.2, 0) is 13.0 Å². The van der Waals surface area contributed by atoms with Crippen molar-refractivity contribution in [2.45, 2.75) is 26.0 Å². The Labute approximate surface area is 111 Å². The van der Waals surface area contributed by atoms with Gasteiger partial charge in [0, 0.05) is 37.5 Å². The van der Waals surface area contributed by atoms with Crippen LogP contribution in [-0.4, -0.2) is 31.6 Å². The Hall–Kier alpha value is -2.08. The monoisotopic (exact) mass is 257 g/mol. The topological polar surface area (TPSA) is 75.0 Å². The quantitative estimate of drug-likeness (QED) is 0.861. The Balaban J connectivity index is 1.87. The van der Waals surface area contributed by atoms with E-state index in [9.17, 15) is 5.11 Å². The van der Waals surface area contributed by atoms with Gasteiger partial charge in [0.05, 0.1) is 5.69 Å². The van der Waals surface area contributed by atoms with Gasteiger partial charge in [0.25, 0.3) is 0 Å². The molecule has 98 valence electrons. The molecule has 3 heterocycles. The molecule has 0 spiro atoms. The largest absolute Gasteiger partial charge is 0.385 e. The van der Waals surface area contributed by atoms with Gasteiger partial charge in [-0.3, -0.25) is 0 Å². The minimum atomic E-state index is -0.652. The molecule has 0 unspecified atom stereocenters. The van der Waals surface area contributed by atoms with Crippen molar-refractivity contribution in [3.05, 3.63) is 41.9 Å². The first kappa shape index (κ1) is 12.0. The van der Waals surface area contributed by atoms with Gasteiger partial charge < -0.3 is 10.0 Å². The standard InChI is InChI=1S/C13H15N5O/c1-9(19)13-15-4-2-12(17-13)18-5-3-11-10(7-18)6-14-8-16-11/h2,4,6,8-9,19H,3,5,7H2,1H3/t9-/m1/s1. The molecule has 0 aromatic carbocycles. The van der Waals surface area contributed by atoms with Crippen molar-refractivity contribution < 1.29 is 5.11 Å². The molecule has 0 saturated carbocycles. The lowest BCUT2D eigenvalue weighted by Gasteiger charge is -2.28. The Morgan fingerprint density at radius 2 is 2.26 bits per heavy atom. The summed E-state index contributed by atoms with van der Waals surface area (Å²) in [5, 5.41) is 9.54. The Morgan fingerprint density at radius 1 is 1.37 bits per heavy atom. The number of aliphatic hydroxyl groups excluding tert-OH is 1. The van der Waals surface area contributed by atoms with Gasteiger partial charge in [0.2, 0.25) is 0 Å². The predicted molar refractivity (Wildman–Crippen MR) is 69.5 cm³/mol. The van der Waals surface area contributed by atoms with Gasteiger partial charge in [-0.15, -0.1) is 0 Å². The Bertz CT molecular complexity index is 587. The minimum absolute atomic E-state index is 0.451. The van der Waals surface area contributed by atoms with Crippen molar-refractivity contribution >= 4 is 5.82 Å². The molecule has 0 amide bonds. The molecule has 0 saturated heterocycles. The Morgan fingerprint density at radius 3 is 3.11 bits per heavy atom. The van der Waals surface area contributed by atoms with E-state index in [0.29, 0.717) is 5.82 Å². The van der Waals surface area contributed by atoms with E-state index in [1.807, 2.05) is 12.3 Å². The summed E-state index contributed by atoms with van der Waals surface area (Å²) in [5.41, 5.74) is 2.24. The highest BCUT2D eigenvalue weighted by Gasteiger charge is 2.19. The molecule has 2 aromatic rings. The van der Waals surface area contributed by atoms with Crippen molar-refractivity contribution in [2.75, 3.05) is 11.4 Å². The fourth-order valence-electron chi connectivity index (χ4n) is 2.20. The number of fused-ring (bicyclic) bond motifs is 1. The third-order valence-corrected chi connectivity index (χ3v) is 3.22. The average molecular weight is 257 g/mol. The second-order valence-electron chi connectivity index (χ2n) is 4.62. The molecule has 1 N–H and O–H groups in total. The highest BCUT2D eigenvalue weighted by atomic mass is 16.3. The summed E-state index contributed by atoms with van der Waals surface area (Å²) >= 11 is 0. The molecule has 19 heavy (non-hydrogen) atoms. The van der Waals surface area contributed by atoms with Crippen LogP contribution in [0.1, 0.15) is 30.1 Å². The van der Waals surface area contributed by atoms with E-state index >= 15 is 0 Å². The summed E-state index contributed by atoms with van der Waals surface area (Å²) in [4.78, 5) is 19.0. The molecule has 6 nitrogen and oxygen atoms in total. The van der Waals surface area contributed by atoms with Gasteiger partial charge in [-0.05, 0) is 13.0 Å². The van der Waals surface area contributed by atoms with Gasteiger partial charge in [0.1, 0.15) is 18.2 Å².